The molecule has 2 heterocycles. The quantitative estimate of drug-likeness (QED) is 0.619. The van der Waals surface area contributed by atoms with Gasteiger partial charge in [-0.15, -0.1) is 0 Å². The molecule has 2 aromatic rings. The van der Waals surface area contributed by atoms with Gasteiger partial charge in [0.25, 0.3) is 5.91 Å². The molecule has 128 valence electrons. The van der Waals surface area contributed by atoms with Crippen molar-refractivity contribution in [3.05, 3.63) is 41.8 Å². The average Bonchev–Trinajstić information content (AvgIpc) is 3.07. The van der Waals surface area contributed by atoms with E-state index < -0.39 is 5.91 Å². The highest BCUT2D eigenvalue weighted by molar-refractivity contribution is 7.18. The predicted octanol–water partition coefficient (Wildman–Crippen LogP) is 0.00200. The van der Waals surface area contributed by atoms with Gasteiger partial charge in [0, 0.05) is 31.7 Å². The minimum absolute atomic E-state index is 0.0584. The molecule has 1 aromatic carbocycles. The lowest BCUT2D eigenvalue weighted by atomic mass is 9.94. The molecule has 1 aliphatic heterocycles. The summed E-state index contributed by atoms with van der Waals surface area (Å²) in [5.41, 5.74) is 8.19. The van der Waals surface area contributed by atoms with Gasteiger partial charge in [0.1, 0.15) is 12.7 Å². The second-order valence-electron chi connectivity index (χ2n) is 5.92. The normalized spacial score (nSPS) is 14.4. The molecule has 1 aliphatic rings. The third-order valence-corrected chi connectivity index (χ3v) is 5.33. The van der Waals surface area contributed by atoms with Gasteiger partial charge in [0.2, 0.25) is 5.91 Å². The molecule has 1 fully saturated rings. The molecule has 8 heteroatoms. The van der Waals surface area contributed by atoms with Crippen LogP contribution in [0.3, 0.4) is 0 Å². The van der Waals surface area contributed by atoms with E-state index in [2.05, 4.69) is 16.5 Å². The third kappa shape index (κ3) is 3.58. The Morgan fingerprint density at radius 3 is 2.40 bits per heavy atom. The van der Waals surface area contributed by atoms with E-state index in [1.165, 1.54) is 17.4 Å². The van der Waals surface area contributed by atoms with Gasteiger partial charge in [-0.3, -0.25) is 9.59 Å². The Morgan fingerprint density at radius 1 is 1.20 bits per heavy atom. The molecule has 0 unspecified atom stereocenters. The maximum atomic E-state index is 11.8. The number of carbonyl (C=O) groups is 2. The van der Waals surface area contributed by atoms with Crippen molar-refractivity contribution in [2.75, 3.05) is 31.1 Å². The van der Waals surface area contributed by atoms with Crippen LogP contribution in [0.4, 0.5) is 5.13 Å². The Hall–Kier alpha value is -2.61. The molecule has 0 spiro atoms. The van der Waals surface area contributed by atoms with Crippen LogP contribution in [0, 0.1) is 0 Å². The number of rotatable bonds is 4. The zero-order valence-corrected chi connectivity index (χ0v) is 14.9. The number of hydrogen-bond acceptors (Lipinski definition) is 5. The van der Waals surface area contributed by atoms with E-state index in [1.807, 2.05) is 32.1 Å². The summed E-state index contributed by atoms with van der Waals surface area (Å²) in [7, 11) is 2.01. The van der Waals surface area contributed by atoms with Crippen molar-refractivity contribution < 1.29 is 9.59 Å². The molecule has 6 nitrogen and oxygen atoms in total. The maximum absolute atomic E-state index is 11.8. The topological polar surface area (TPSA) is 79.5 Å². The number of amides is 2. The molecule has 0 saturated carbocycles. The lowest BCUT2D eigenvalue weighted by molar-refractivity contribution is -0.126. The fourth-order valence-corrected chi connectivity index (χ4v) is 3.76. The van der Waals surface area contributed by atoms with Crippen molar-refractivity contribution in [3.63, 3.8) is 0 Å². The van der Waals surface area contributed by atoms with Crippen molar-refractivity contribution >= 4 is 41.6 Å². The molecule has 0 radical (unpaired) electrons. The fourth-order valence-electron chi connectivity index (χ4n) is 2.77. The summed E-state index contributed by atoms with van der Waals surface area (Å²) >= 11 is 1.31. The second-order valence-corrected chi connectivity index (χ2v) is 6.90. The minimum atomic E-state index is -0.472. The summed E-state index contributed by atoms with van der Waals surface area (Å²) in [5.74, 6) is -0.531. The molecule has 0 bridgehead atoms. The number of carbonyl (C=O) groups excluding carboxylic acids is 2. The molecule has 25 heavy (non-hydrogen) atoms. The van der Waals surface area contributed by atoms with Gasteiger partial charge in [-0.05, 0) is 6.08 Å². The number of piperazine rings is 1. The summed E-state index contributed by atoms with van der Waals surface area (Å²) in [6, 6.07) is 7.86. The van der Waals surface area contributed by atoms with E-state index in [1.54, 1.807) is 4.90 Å². The molecule has 1 saturated heterocycles. The van der Waals surface area contributed by atoms with Gasteiger partial charge in [0.15, 0.2) is 5.13 Å². The molecule has 1 aromatic heterocycles. The van der Waals surface area contributed by atoms with Gasteiger partial charge < -0.3 is 15.5 Å². The zero-order chi connectivity index (χ0) is 18.0. The number of benzene rings is 1. The lowest BCUT2D eigenvalue weighted by Gasteiger charge is -2.34. The molecular formula is C17H19BN4O2S. The van der Waals surface area contributed by atoms with Gasteiger partial charge in [-0.1, -0.05) is 47.6 Å². The summed E-state index contributed by atoms with van der Waals surface area (Å²) in [4.78, 5) is 32.5. The first kappa shape index (κ1) is 17.2. The summed E-state index contributed by atoms with van der Waals surface area (Å²) in [6.07, 6.45) is 1.33. The molecule has 0 atom stereocenters. The highest BCUT2D eigenvalue weighted by Gasteiger charge is 2.24. The van der Waals surface area contributed by atoms with Crippen molar-refractivity contribution in [1.29, 1.82) is 0 Å². The van der Waals surface area contributed by atoms with E-state index in [9.17, 15) is 9.59 Å². The van der Waals surface area contributed by atoms with Gasteiger partial charge in [-0.25, -0.2) is 4.98 Å². The van der Waals surface area contributed by atoms with Crippen LogP contribution in [-0.2, 0) is 4.79 Å². The van der Waals surface area contributed by atoms with E-state index in [0.29, 0.717) is 36.8 Å². The first-order valence-electron chi connectivity index (χ1n) is 8.03. The third-order valence-electron chi connectivity index (χ3n) is 4.20. The van der Waals surface area contributed by atoms with Crippen molar-refractivity contribution in [3.8, 4) is 11.3 Å². The largest absolute Gasteiger partial charge is 0.365 e. The van der Waals surface area contributed by atoms with Crippen LogP contribution >= 0.6 is 11.3 Å². The maximum Gasteiger partial charge on any atom is 0.261 e. The first-order chi connectivity index (χ1) is 12.0. The van der Waals surface area contributed by atoms with Crippen molar-refractivity contribution in [2.45, 2.75) is 0 Å². The fraction of sp³-hybridized carbons (Fsp3) is 0.235. The standard InChI is InChI=1S/C17H19BN4O2S/c1-2-13(23)21-7-9-22(10-8-21)17-20-14(15(25-17)16(19)24)11-3-5-12(18)6-4-11/h2-6H,1,7-10,18H2,(H2,19,24). The number of thiazole rings is 1. The Morgan fingerprint density at radius 2 is 1.84 bits per heavy atom. The SMILES string of the molecule is Bc1ccc(-c2nc(N3CCN(C(=O)C=C)CC3)sc2C(N)=O)cc1. The average molecular weight is 354 g/mol. The predicted molar refractivity (Wildman–Crippen MR) is 103 cm³/mol. The van der Waals surface area contributed by atoms with E-state index in [-0.39, 0.29) is 5.91 Å². The van der Waals surface area contributed by atoms with Crippen LogP contribution in [0.1, 0.15) is 9.67 Å². The van der Waals surface area contributed by atoms with Crippen LogP contribution < -0.4 is 16.1 Å². The number of nitrogens with zero attached hydrogens (tertiary/aromatic N) is 3. The van der Waals surface area contributed by atoms with Gasteiger partial charge in [-0.2, -0.15) is 0 Å². The summed E-state index contributed by atoms with van der Waals surface area (Å²) in [6.45, 7) is 6.07. The summed E-state index contributed by atoms with van der Waals surface area (Å²) in [5, 5.41) is 0.759. The molecule has 0 aliphatic carbocycles. The van der Waals surface area contributed by atoms with Crippen molar-refractivity contribution in [1.82, 2.24) is 9.88 Å². The Balaban J connectivity index is 1.85. The monoisotopic (exact) mass is 354 g/mol. The number of aromatic nitrogens is 1. The van der Waals surface area contributed by atoms with Crippen LogP contribution in [0.5, 0.6) is 0 Å². The van der Waals surface area contributed by atoms with E-state index in [4.69, 9.17) is 5.73 Å². The Kier molecular flexibility index (Phi) is 4.89. The Labute approximate surface area is 151 Å². The number of nitrogens with two attached hydrogens (primary N) is 1. The lowest BCUT2D eigenvalue weighted by Crippen LogP contribution is -2.48. The van der Waals surface area contributed by atoms with Gasteiger partial charge >= 0.3 is 0 Å². The molecular weight excluding hydrogens is 335 g/mol. The molecule has 2 N–H and O–H groups in total. The number of primary amides is 1. The van der Waals surface area contributed by atoms with E-state index in [0.717, 1.165) is 16.2 Å². The number of anilines is 1. The highest BCUT2D eigenvalue weighted by Crippen LogP contribution is 2.33. The molecule has 3 rings (SSSR count). The summed E-state index contributed by atoms with van der Waals surface area (Å²) < 4.78 is 0. The van der Waals surface area contributed by atoms with Crippen LogP contribution in [-0.4, -0.2) is 55.7 Å². The van der Waals surface area contributed by atoms with Crippen LogP contribution in [0.25, 0.3) is 11.3 Å². The highest BCUT2D eigenvalue weighted by atomic mass is 32.1. The van der Waals surface area contributed by atoms with Crippen LogP contribution in [0.2, 0.25) is 0 Å². The second kappa shape index (κ2) is 7.10. The Bertz CT molecular complexity index is 811. The zero-order valence-electron chi connectivity index (χ0n) is 14.1. The molecule has 2 amide bonds. The number of hydrogen-bond donors (Lipinski definition) is 1. The van der Waals surface area contributed by atoms with Crippen molar-refractivity contribution in [2.24, 2.45) is 5.73 Å². The van der Waals surface area contributed by atoms with Crippen LogP contribution in [0.15, 0.2) is 36.9 Å². The first-order valence-corrected chi connectivity index (χ1v) is 8.85. The minimum Gasteiger partial charge on any atom is -0.365 e. The van der Waals surface area contributed by atoms with E-state index >= 15 is 0 Å². The smallest absolute Gasteiger partial charge is 0.261 e. The van der Waals surface area contributed by atoms with Gasteiger partial charge in [0.05, 0.1) is 5.69 Å².